The van der Waals surface area contributed by atoms with Crippen molar-refractivity contribution in [1.82, 2.24) is 10.2 Å². The molecule has 0 aromatic heterocycles. The van der Waals surface area contributed by atoms with Crippen molar-refractivity contribution in [3.8, 4) is 22.6 Å². The summed E-state index contributed by atoms with van der Waals surface area (Å²) in [6.07, 6.45) is 2.86. The second kappa shape index (κ2) is 8.56. The van der Waals surface area contributed by atoms with E-state index in [4.69, 9.17) is 14.2 Å². The van der Waals surface area contributed by atoms with Gasteiger partial charge in [0.05, 0.1) is 20.3 Å². The van der Waals surface area contributed by atoms with Gasteiger partial charge in [-0.1, -0.05) is 44.2 Å². The highest BCUT2D eigenvalue weighted by molar-refractivity contribution is 5.75. The van der Waals surface area contributed by atoms with E-state index < -0.39 is 0 Å². The lowest BCUT2D eigenvalue weighted by Crippen LogP contribution is -2.53. The summed E-state index contributed by atoms with van der Waals surface area (Å²) < 4.78 is 17.0. The highest BCUT2D eigenvalue weighted by Gasteiger charge is 2.42. The van der Waals surface area contributed by atoms with Crippen LogP contribution in [0.25, 0.3) is 11.1 Å². The Balaban J connectivity index is 1.36. The molecule has 1 unspecified atom stereocenters. The Kier molecular flexibility index (Phi) is 5.73. The molecular weight excluding hydrogens is 416 g/mol. The van der Waals surface area contributed by atoms with Crippen LogP contribution in [0.5, 0.6) is 11.5 Å². The fourth-order valence-corrected chi connectivity index (χ4v) is 5.94. The zero-order valence-electron chi connectivity index (χ0n) is 20.0. The zero-order chi connectivity index (χ0) is 23.2. The summed E-state index contributed by atoms with van der Waals surface area (Å²) in [4.78, 5) is 15.3. The summed E-state index contributed by atoms with van der Waals surface area (Å²) in [6, 6.07) is 12.3. The number of methoxy groups -OCH3 is 2. The van der Waals surface area contributed by atoms with Gasteiger partial charge >= 0.3 is 6.09 Å². The van der Waals surface area contributed by atoms with E-state index in [1.54, 1.807) is 14.2 Å². The number of carbonyl (C=O) groups excluding carboxylic acids is 1. The van der Waals surface area contributed by atoms with Crippen molar-refractivity contribution in [2.24, 2.45) is 11.3 Å². The van der Waals surface area contributed by atoms with Gasteiger partial charge in [-0.3, -0.25) is 4.90 Å². The van der Waals surface area contributed by atoms with Crippen LogP contribution in [0.4, 0.5) is 4.79 Å². The number of ether oxygens (including phenoxy) is 3. The SMILES string of the molecule is COc1cccc(-c2ccc3c(c2)CC(C)(C)C3NC(=O)O[C@H]2CN3CCC2CC3)c1OC. The van der Waals surface area contributed by atoms with E-state index >= 15 is 0 Å². The van der Waals surface area contributed by atoms with Crippen molar-refractivity contribution in [1.29, 1.82) is 0 Å². The van der Waals surface area contributed by atoms with Gasteiger partial charge in [0, 0.05) is 12.1 Å². The predicted octanol–water partition coefficient (Wildman–Crippen LogP) is 4.81. The molecule has 1 aliphatic carbocycles. The van der Waals surface area contributed by atoms with Crippen LogP contribution in [0.3, 0.4) is 0 Å². The molecule has 3 fully saturated rings. The van der Waals surface area contributed by atoms with E-state index in [-0.39, 0.29) is 23.7 Å². The number of alkyl carbamates (subject to hydrolysis) is 1. The normalized spacial score (nSPS) is 27.0. The fourth-order valence-electron chi connectivity index (χ4n) is 5.94. The minimum absolute atomic E-state index is 0.0133. The van der Waals surface area contributed by atoms with Gasteiger partial charge in [-0.2, -0.15) is 0 Å². The molecule has 0 radical (unpaired) electrons. The number of piperidine rings is 3. The van der Waals surface area contributed by atoms with E-state index in [1.165, 1.54) is 5.56 Å². The number of hydrogen-bond donors (Lipinski definition) is 1. The maximum atomic E-state index is 12.9. The molecular formula is C27H34N2O4. The molecule has 1 N–H and O–H groups in total. The molecule has 1 amide bonds. The molecule has 6 rings (SSSR count). The van der Waals surface area contributed by atoms with Crippen LogP contribution in [0, 0.1) is 11.3 Å². The third kappa shape index (κ3) is 4.05. The summed E-state index contributed by atoms with van der Waals surface area (Å²) >= 11 is 0. The Morgan fingerprint density at radius 3 is 2.55 bits per heavy atom. The van der Waals surface area contributed by atoms with Crippen LogP contribution in [-0.2, 0) is 11.2 Å². The molecule has 0 spiro atoms. The Bertz CT molecular complexity index is 1040. The maximum absolute atomic E-state index is 12.9. The maximum Gasteiger partial charge on any atom is 0.407 e. The summed E-state index contributed by atoms with van der Waals surface area (Å²) in [7, 11) is 3.32. The van der Waals surface area contributed by atoms with Gasteiger partial charge in [0.15, 0.2) is 11.5 Å². The van der Waals surface area contributed by atoms with Gasteiger partial charge in [-0.15, -0.1) is 0 Å². The topological polar surface area (TPSA) is 60.0 Å². The van der Waals surface area contributed by atoms with Crippen molar-refractivity contribution in [2.75, 3.05) is 33.9 Å². The van der Waals surface area contributed by atoms with Gasteiger partial charge in [0.2, 0.25) is 0 Å². The number of carbonyl (C=O) groups is 1. The molecule has 176 valence electrons. The van der Waals surface area contributed by atoms with E-state index in [0.717, 1.165) is 61.3 Å². The average Bonchev–Trinajstić information content (AvgIpc) is 3.07. The van der Waals surface area contributed by atoms with Crippen molar-refractivity contribution in [3.05, 3.63) is 47.5 Å². The van der Waals surface area contributed by atoms with Crippen molar-refractivity contribution >= 4 is 6.09 Å². The Hall–Kier alpha value is -2.73. The number of benzene rings is 2. The lowest BCUT2D eigenvalue weighted by Gasteiger charge is -2.44. The monoisotopic (exact) mass is 450 g/mol. The van der Waals surface area contributed by atoms with Crippen LogP contribution in [0.1, 0.15) is 43.9 Å². The standard InChI is InChI=1S/C27H34N2O4/c1-27(2)15-19-14-18(20-6-5-7-22(31-3)24(20)32-4)8-9-21(19)25(27)28-26(30)33-23-16-29-12-10-17(23)11-13-29/h5-9,14,17,23,25H,10-13,15-16H2,1-4H3,(H,28,30)/t23-,25?/m0/s1. The Morgan fingerprint density at radius 1 is 1.09 bits per heavy atom. The van der Waals surface area contributed by atoms with E-state index in [0.29, 0.717) is 11.7 Å². The third-order valence-electron chi connectivity index (χ3n) is 7.71. The highest BCUT2D eigenvalue weighted by atomic mass is 16.6. The number of nitrogens with zero attached hydrogens (tertiary/aromatic N) is 1. The summed E-state index contributed by atoms with van der Waals surface area (Å²) in [6.45, 7) is 7.55. The first-order chi connectivity index (χ1) is 15.9. The van der Waals surface area contributed by atoms with Crippen molar-refractivity contribution in [3.63, 3.8) is 0 Å². The smallest absolute Gasteiger partial charge is 0.407 e. The summed E-state index contributed by atoms with van der Waals surface area (Å²) in [5.74, 6) is 1.95. The first-order valence-corrected chi connectivity index (χ1v) is 11.9. The van der Waals surface area contributed by atoms with Crippen molar-refractivity contribution < 1.29 is 19.0 Å². The molecule has 2 aromatic carbocycles. The Labute approximate surface area is 196 Å². The molecule has 2 aromatic rings. The third-order valence-corrected chi connectivity index (χ3v) is 7.71. The quantitative estimate of drug-likeness (QED) is 0.708. The Morgan fingerprint density at radius 2 is 1.88 bits per heavy atom. The zero-order valence-corrected chi connectivity index (χ0v) is 20.0. The van der Waals surface area contributed by atoms with Crippen LogP contribution < -0.4 is 14.8 Å². The van der Waals surface area contributed by atoms with E-state index in [2.05, 4.69) is 42.3 Å². The van der Waals surface area contributed by atoms with E-state index in [9.17, 15) is 4.79 Å². The van der Waals surface area contributed by atoms with Gasteiger partial charge in [0.1, 0.15) is 6.10 Å². The van der Waals surface area contributed by atoms with Gasteiger partial charge in [-0.25, -0.2) is 4.79 Å². The molecule has 6 nitrogen and oxygen atoms in total. The molecule has 3 aliphatic heterocycles. The van der Waals surface area contributed by atoms with Gasteiger partial charge in [0.25, 0.3) is 0 Å². The molecule has 6 heteroatoms. The molecule has 2 atom stereocenters. The average molecular weight is 451 g/mol. The van der Waals surface area contributed by atoms with Crippen LogP contribution in [-0.4, -0.2) is 51.0 Å². The number of fused-ring (bicyclic) bond motifs is 4. The first-order valence-electron chi connectivity index (χ1n) is 11.9. The summed E-state index contributed by atoms with van der Waals surface area (Å²) in [5.41, 5.74) is 4.38. The first kappa shape index (κ1) is 22.1. The lowest BCUT2D eigenvalue weighted by molar-refractivity contribution is -0.0348. The van der Waals surface area contributed by atoms with Crippen LogP contribution >= 0.6 is 0 Å². The second-order valence-electron chi connectivity index (χ2n) is 10.3. The molecule has 33 heavy (non-hydrogen) atoms. The number of rotatable bonds is 5. The number of nitrogens with one attached hydrogen (secondary N) is 1. The summed E-state index contributed by atoms with van der Waals surface area (Å²) in [5, 5.41) is 3.21. The molecule has 4 aliphatic rings. The number of amides is 1. The predicted molar refractivity (Wildman–Crippen MR) is 128 cm³/mol. The second-order valence-corrected chi connectivity index (χ2v) is 10.3. The molecule has 3 saturated heterocycles. The minimum Gasteiger partial charge on any atom is -0.493 e. The fraction of sp³-hybridized carbons (Fsp3) is 0.519. The molecule has 0 saturated carbocycles. The lowest BCUT2D eigenvalue weighted by atomic mass is 9.85. The number of para-hydroxylation sites is 1. The van der Waals surface area contributed by atoms with Crippen LogP contribution in [0.15, 0.2) is 36.4 Å². The van der Waals surface area contributed by atoms with E-state index in [1.807, 2.05) is 18.2 Å². The largest absolute Gasteiger partial charge is 0.493 e. The molecule has 3 heterocycles. The van der Waals surface area contributed by atoms with Gasteiger partial charge in [-0.05, 0) is 66.4 Å². The van der Waals surface area contributed by atoms with Gasteiger partial charge < -0.3 is 19.5 Å². The minimum atomic E-state index is -0.293. The number of hydrogen-bond acceptors (Lipinski definition) is 5. The van der Waals surface area contributed by atoms with Crippen molar-refractivity contribution in [2.45, 2.75) is 45.3 Å². The molecule has 2 bridgehead atoms. The highest BCUT2D eigenvalue weighted by Crippen LogP contribution is 2.47. The van der Waals surface area contributed by atoms with Crippen LogP contribution in [0.2, 0.25) is 0 Å².